The molecule has 0 radical (unpaired) electrons. The molecule has 0 bridgehead atoms. The van der Waals surface area contributed by atoms with Gasteiger partial charge in [0.25, 0.3) is 15.9 Å². The summed E-state index contributed by atoms with van der Waals surface area (Å²) < 4.78 is 37.5. The summed E-state index contributed by atoms with van der Waals surface area (Å²) in [5, 5.41) is 6.42. The molecule has 4 aromatic carbocycles. The highest BCUT2D eigenvalue weighted by molar-refractivity contribution is 7.93. The molecule has 0 saturated carbocycles. The molecule has 14 heteroatoms. The minimum Gasteiger partial charge on any atom is -0.350 e. The number of halogens is 3. The van der Waals surface area contributed by atoms with Crippen molar-refractivity contribution in [3.63, 3.8) is 0 Å². The largest absolute Gasteiger partial charge is 0.350 e. The van der Waals surface area contributed by atoms with E-state index in [2.05, 4.69) is 24.1 Å². The Morgan fingerprint density at radius 2 is 1.63 bits per heavy atom. The summed E-state index contributed by atoms with van der Waals surface area (Å²) >= 11 is 19.3. The second-order valence-electron chi connectivity index (χ2n) is 9.37. The number of benzene rings is 4. The molecule has 0 unspecified atom stereocenters. The number of hydrogen-bond acceptors (Lipinski definition) is 7. The first-order chi connectivity index (χ1) is 20.6. The van der Waals surface area contributed by atoms with Gasteiger partial charge in [-0.3, -0.25) is 14.3 Å². The number of sulfonamides is 1. The third-order valence-electron chi connectivity index (χ3n) is 6.36. The van der Waals surface area contributed by atoms with Crippen LogP contribution in [0.3, 0.4) is 0 Å². The molecular formula is C29H22Cl3N5O4S2. The highest BCUT2D eigenvalue weighted by Gasteiger charge is 2.26. The van der Waals surface area contributed by atoms with Gasteiger partial charge >= 0.3 is 0 Å². The standard InChI is InChI=1S/C29H22Cl3N5O4S2/c30-19-10-11-20(24(15-19)37-43(40,41)26-8-4-7-23-27(26)36-42-35-23)28(38)34-25(14-18-9-12-21(31)22(32)13-18)29(39)33-16-17-5-2-1-3-6-17/h1-13,15,25,37H,14,16H2,(H,33,39)(H,34,38)/t25-/m0/s1. The van der Waals surface area contributed by atoms with Gasteiger partial charge < -0.3 is 10.6 Å². The zero-order chi connectivity index (χ0) is 30.6. The summed E-state index contributed by atoms with van der Waals surface area (Å²) in [6.45, 7) is 0.233. The summed E-state index contributed by atoms with van der Waals surface area (Å²) in [7, 11) is -4.21. The summed E-state index contributed by atoms with van der Waals surface area (Å²) in [6, 6.07) is 21.9. The van der Waals surface area contributed by atoms with Crippen LogP contribution in [0.4, 0.5) is 5.69 Å². The van der Waals surface area contributed by atoms with Crippen LogP contribution in [0.2, 0.25) is 15.1 Å². The van der Waals surface area contributed by atoms with Gasteiger partial charge in [-0.15, -0.1) is 0 Å². The molecule has 3 N–H and O–H groups in total. The number of rotatable bonds is 10. The minimum atomic E-state index is -4.21. The number of amides is 2. The monoisotopic (exact) mass is 673 g/mol. The molecule has 0 aliphatic heterocycles. The van der Waals surface area contributed by atoms with E-state index in [-0.39, 0.29) is 39.7 Å². The van der Waals surface area contributed by atoms with Crippen molar-refractivity contribution < 1.29 is 18.0 Å². The average molecular weight is 675 g/mol. The topological polar surface area (TPSA) is 130 Å². The Hall–Kier alpha value is -3.74. The molecule has 0 fully saturated rings. The summed E-state index contributed by atoms with van der Waals surface area (Å²) in [6.07, 6.45) is 0.0801. The maximum Gasteiger partial charge on any atom is 0.264 e. The van der Waals surface area contributed by atoms with Crippen LogP contribution in [-0.2, 0) is 27.8 Å². The highest BCUT2D eigenvalue weighted by Crippen LogP contribution is 2.28. The summed E-state index contributed by atoms with van der Waals surface area (Å²) in [5.74, 6) is -1.16. The van der Waals surface area contributed by atoms with Crippen molar-refractivity contribution >= 4 is 85.1 Å². The highest BCUT2D eigenvalue weighted by atomic mass is 35.5. The van der Waals surface area contributed by atoms with E-state index < -0.39 is 27.9 Å². The van der Waals surface area contributed by atoms with Gasteiger partial charge in [0.15, 0.2) is 0 Å². The van der Waals surface area contributed by atoms with E-state index in [1.54, 1.807) is 30.3 Å². The lowest BCUT2D eigenvalue weighted by Crippen LogP contribution is -2.48. The van der Waals surface area contributed by atoms with Crippen molar-refractivity contribution in [3.8, 4) is 0 Å². The normalized spacial score (nSPS) is 12.1. The predicted octanol–water partition coefficient (Wildman–Crippen LogP) is 6.11. The van der Waals surface area contributed by atoms with Crippen LogP contribution in [0.1, 0.15) is 21.5 Å². The van der Waals surface area contributed by atoms with E-state index in [0.717, 1.165) is 17.3 Å². The number of nitrogens with one attached hydrogen (secondary N) is 3. The van der Waals surface area contributed by atoms with Gasteiger partial charge in [-0.25, -0.2) is 8.42 Å². The fraction of sp³-hybridized carbons (Fsp3) is 0.103. The Labute approximate surface area is 266 Å². The van der Waals surface area contributed by atoms with Crippen molar-refractivity contribution in [2.45, 2.75) is 23.9 Å². The number of aromatic nitrogens is 2. The maximum absolute atomic E-state index is 13.6. The molecule has 0 aliphatic carbocycles. The number of carbonyl (C=O) groups excluding carboxylic acids is 2. The smallest absolute Gasteiger partial charge is 0.264 e. The molecule has 9 nitrogen and oxygen atoms in total. The van der Waals surface area contributed by atoms with Crippen LogP contribution in [0, 0.1) is 0 Å². The van der Waals surface area contributed by atoms with Gasteiger partial charge in [-0.05, 0) is 53.6 Å². The zero-order valence-corrected chi connectivity index (χ0v) is 26.0. The lowest BCUT2D eigenvalue weighted by Gasteiger charge is -2.20. The zero-order valence-electron chi connectivity index (χ0n) is 22.1. The van der Waals surface area contributed by atoms with Crippen LogP contribution in [-0.4, -0.2) is 35.0 Å². The molecule has 1 heterocycles. The number of anilines is 1. The van der Waals surface area contributed by atoms with Crippen molar-refractivity contribution in [2.75, 3.05) is 4.72 Å². The van der Waals surface area contributed by atoms with Crippen molar-refractivity contribution in [2.24, 2.45) is 0 Å². The van der Waals surface area contributed by atoms with E-state index >= 15 is 0 Å². The van der Waals surface area contributed by atoms with Crippen molar-refractivity contribution in [3.05, 3.63) is 117 Å². The Morgan fingerprint density at radius 1 is 0.837 bits per heavy atom. The molecule has 5 aromatic rings. The molecular weight excluding hydrogens is 653 g/mol. The third kappa shape index (κ3) is 7.43. The molecule has 1 atom stereocenters. The first-order valence-corrected chi connectivity index (χ1v) is 16.1. The second-order valence-corrected chi connectivity index (χ2v) is 12.8. The van der Waals surface area contributed by atoms with Gasteiger partial charge in [-0.2, -0.15) is 8.75 Å². The quantitative estimate of drug-likeness (QED) is 0.164. The Balaban J connectivity index is 1.42. The van der Waals surface area contributed by atoms with E-state index in [1.807, 2.05) is 30.3 Å². The van der Waals surface area contributed by atoms with Gasteiger partial charge in [0, 0.05) is 18.0 Å². The van der Waals surface area contributed by atoms with Gasteiger partial charge in [-0.1, -0.05) is 77.3 Å². The van der Waals surface area contributed by atoms with E-state index in [1.165, 1.54) is 24.3 Å². The summed E-state index contributed by atoms with van der Waals surface area (Å²) in [5.41, 5.74) is 2.01. The lowest BCUT2D eigenvalue weighted by atomic mass is 10.0. The molecule has 0 spiro atoms. The Kier molecular flexibility index (Phi) is 9.48. The molecule has 220 valence electrons. The summed E-state index contributed by atoms with van der Waals surface area (Å²) in [4.78, 5) is 26.9. The molecule has 1 aromatic heterocycles. The van der Waals surface area contributed by atoms with Crippen LogP contribution < -0.4 is 15.4 Å². The Bertz CT molecular complexity index is 1920. The van der Waals surface area contributed by atoms with E-state index in [0.29, 0.717) is 21.1 Å². The third-order valence-corrected chi connectivity index (χ3v) is 9.28. The van der Waals surface area contributed by atoms with Gasteiger partial charge in [0.05, 0.1) is 33.0 Å². The number of nitrogens with zero attached hydrogens (tertiary/aromatic N) is 2. The fourth-order valence-electron chi connectivity index (χ4n) is 4.25. The fourth-order valence-corrected chi connectivity index (χ4v) is 6.58. The molecule has 2 amide bonds. The number of hydrogen-bond donors (Lipinski definition) is 3. The number of carbonyl (C=O) groups is 2. The average Bonchev–Trinajstić information content (AvgIpc) is 3.47. The molecule has 0 aliphatic rings. The molecule has 5 rings (SSSR count). The maximum atomic E-state index is 13.6. The van der Waals surface area contributed by atoms with Crippen LogP contribution in [0.15, 0.2) is 89.8 Å². The van der Waals surface area contributed by atoms with Gasteiger partial charge in [0.2, 0.25) is 5.91 Å². The van der Waals surface area contributed by atoms with E-state index in [9.17, 15) is 18.0 Å². The first-order valence-electron chi connectivity index (χ1n) is 12.7. The van der Waals surface area contributed by atoms with Gasteiger partial charge in [0.1, 0.15) is 22.0 Å². The number of fused-ring (bicyclic) bond motifs is 1. The Morgan fingerprint density at radius 3 is 2.40 bits per heavy atom. The predicted molar refractivity (Wildman–Crippen MR) is 169 cm³/mol. The van der Waals surface area contributed by atoms with Crippen LogP contribution in [0.25, 0.3) is 11.0 Å². The van der Waals surface area contributed by atoms with Crippen LogP contribution in [0.5, 0.6) is 0 Å². The van der Waals surface area contributed by atoms with Crippen molar-refractivity contribution in [1.29, 1.82) is 0 Å². The van der Waals surface area contributed by atoms with Crippen molar-refractivity contribution in [1.82, 2.24) is 19.4 Å². The molecule has 0 saturated heterocycles. The molecule has 43 heavy (non-hydrogen) atoms. The lowest BCUT2D eigenvalue weighted by molar-refractivity contribution is -0.123. The first kappa shape index (κ1) is 30.7. The second kappa shape index (κ2) is 13.3. The van der Waals surface area contributed by atoms with E-state index in [4.69, 9.17) is 34.8 Å². The SMILES string of the molecule is O=C(N[C@@H](Cc1ccc(Cl)c(Cl)c1)C(=O)NCc1ccccc1)c1ccc(Cl)cc1NS(=O)(=O)c1cccc2nsnc12. The van der Waals surface area contributed by atoms with Crippen LogP contribution >= 0.6 is 46.5 Å². The minimum absolute atomic E-state index is 0.0495.